The highest BCUT2D eigenvalue weighted by Crippen LogP contribution is 2.29. The van der Waals surface area contributed by atoms with E-state index < -0.39 is 10.0 Å². The first-order valence-electron chi connectivity index (χ1n) is 7.68. The van der Waals surface area contributed by atoms with Gasteiger partial charge in [0.2, 0.25) is 10.0 Å². The standard InChI is InChI=1S/C16H22N4O2S.ClH/c1-12-4-5-15(13(2)10-12)23(21,22)20-9-6-17-11-14(20)16-18-7-8-19(16)3;/h4-5,7-8,10,14,17H,6,9,11H2,1-3H3;1H. The molecule has 0 spiro atoms. The summed E-state index contributed by atoms with van der Waals surface area (Å²) < 4.78 is 29.8. The third-order valence-corrected chi connectivity index (χ3v) is 6.34. The van der Waals surface area contributed by atoms with E-state index in [4.69, 9.17) is 0 Å². The van der Waals surface area contributed by atoms with Gasteiger partial charge in [-0.25, -0.2) is 13.4 Å². The Morgan fingerprint density at radius 2 is 2.04 bits per heavy atom. The van der Waals surface area contributed by atoms with E-state index in [1.54, 1.807) is 16.6 Å². The molecule has 2 aromatic rings. The minimum Gasteiger partial charge on any atom is -0.337 e. The first-order chi connectivity index (χ1) is 10.9. The molecule has 0 aliphatic carbocycles. The van der Waals surface area contributed by atoms with Crippen LogP contribution in [0, 0.1) is 13.8 Å². The van der Waals surface area contributed by atoms with Gasteiger partial charge in [-0.3, -0.25) is 0 Å². The summed E-state index contributed by atoms with van der Waals surface area (Å²) in [6.45, 7) is 5.45. The van der Waals surface area contributed by atoms with Crippen molar-refractivity contribution in [1.82, 2.24) is 19.2 Å². The number of imidazole rings is 1. The summed E-state index contributed by atoms with van der Waals surface area (Å²) in [6.07, 6.45) is 3.54. The topological polar surface area (TPSA) is 67.2 Å². The average Bonchev–Trinajstić information content (AvgIpc) is 2.93. The van der Waals surface area contributed by atoms with Crippen molar-refractivity contribution in [2.24, 2.45) is 7.05 Å². The molecule has 8 heteroatoms. The fourth-order valence-electron chi connectivity index (χ4n) is 3.11. The van der Waals surface area contributed by atoms with E-state index in [0.717, 1.165) is 17.0 Å². The lowest BCUT2D eigenvalue weighted by Gasteiger charge is -2.35. The molecule has 0 saturated carbocycles. The van der Waals surface area contributed by atoms with Gasteiger partial charge in [-0.1, -0.05) is 17.7 Å². The van der Waals surface area contributed by atoms with Gasteiger partial charge in [0.25, 0.3) is 0 Å². The highest BCUT2D eigenvalue weighted by atomic mass is 35.5. The number of benzene rings is 1. The van der Waals surface area contributed by atoms with Gasteiger partial charge in [-0.15, -0.1) is 12.4 Å². The summed E-state index contributed by atoms with van der Waals surface area (Å²) >= 11 is 0. The van der Waals surface area contributed by atoms with E-state index in [0.29, 0.717) is 24.5 Å². The van der Waals surface area contributed by atoms with Crippen molar-refractivity contribution in [3.8, 4) is 0 Å². The average molecular weight is 371 g/mol. The quantitative estimate of drug-likeness (QED) is 0.894. The molecule has 0 bridgehead atoms. The summed E-state index contributed by atoms with van der Waals surface area (Å²) in [7, 11) is -1.67. The third-order valence-electron chi connectivity index (χ3n) is 4.27. The van der Waals surface area contributed by atoms with Crippen molar-refractivity contribution in [2.45, 2.75) is 24.8 Å². The molecule has 2 heterocycles. The van der Waals surface area contributed by atoms with Gasteiger partial charge in [0, 0.05) is 39.1 Å². The molecule has 1 unspecified atom stereocenters. The van der Waals surface area contributed by atoms with Crippen LogP contribution in [-0.2, 0) is 17.1 Å². The summed E-state index contributed by atoms with van der Waals surface area (Å²) in [5.74, 6) is 0.755. The Kier molecular flexibility index (Phi) is 5.70. The maximum absolute atomic E-state index is 13.2. The monoisotopic (exact) mass is 370 g/mol. The van der Waals surface area contributed by atoms with Crippen LogP contribution >= 0.6 is 12.4 Å². The maximum Gasteiger partial charge on any atom is 0.244 e. The molecule has 6 nitrogen and oxygen atoms in total. The van der Waals surface area contributed by atoms with Crippen molar-refractivity contribution in [3.63, 3.8) is 0 Å². The van der Waals surface area contributed by atoms with Crippen LogP contribution in [0.25, 0.3) is 0 Å². The zero-order chi connectivity index (χ0) is 16.6. The minimum absolute atomic E-state index is 0. The van der Waals surface area contributed by atoms with Gasteiger partial charge < -0.3 is 9.88 Å². The lowest BCUT2D eigenvalue weighted by molar-refractivity contribution is 0.258. The Hall–Kier alpha value is -1.41. The molecule has 1 fully saturated rings. The Labute approximate surface area is 149 Å². The molecule has 1 N–H and O–H groups in total. The van der Waals surface area contributed by atoms with Crippen LogP contribution in [0.2, 0.25) is 0 Å². The number of piperazine rings is 1. The van der Waals surface area contributed by atoms with Gasteiger partial charge in [0.05, 0.1) is 10.9 Å². The molecule has 1 aromatic carbocycles. The number of sulfonamides is 1. The fourth-order valence-corrected chi connectivity index (χ4v) is 4.90. The number of aromatic nitrogens is 2. The van der Waals surface area contributed by atoms with Crippen molar-refractivity contribution < 1.29 is 8.42 Å². The largest absolute Gasteiger partial charge is 0.337 e. The Bertz CT molecular complexity index is 819. The molecule has 24 heavy (non-hydrogen) atoms. The molecule has 0 radical (unpaired) electrons. The number of hydrogen-bond acceptors (Lipinski definition) is 4. The first kappa shape index (κ1) is 18.9. The molecule has 3 rings (SSSR count). The number of hydrogen-bond donors (Lipinski definition) is 1. The summed E-state index contributed by atoms with van der Waals surface area (Å²) in [6, 6.07) is 5.16. The van der Waals surface area contributed by atoms with Crippen molar-refractivity contribution in [1.29, 1.82) is 0 Å². The number of halogens is 1. The number of rotatable bonds is 3. The summed E-state index contributed by atoms with van der Waals surface area (Å²) in [5, 5.41) is 3.27. The highest BCUT2D eigenvalue weighted by Gasteiger charge is 2.36. The van der Waals surface area contributed by atoms with Crippen LogP contribution < -0.4 is 5.32 Å². The van der Waals surface area contributed by atoms with Gasteiger partial charge in [-0.2, -0.15) is 4.31 Å². The molecule has 1 aliphatic heterocycles. The zero-order valence-corrected chi connectivity index (χ0v) is 15.7. The van der Waals surface area contributed by atoms with E-state index in [2.05, 4.69) is 10.3 Å². The van der Waals surface area contributed by atoms with Crippen LogP contribution in [0.1, 0.15) is 23.0 Å². The number of aryl methyl sites for hydroxylation is 3. The smallest absolute Gasteiger partial charge is 0.244 e. The lowest BCUT2D eigenvalue weighted by Crippen LogP contribution is -2.49. The van der Waals surface area contributed by atoms with Crippen LogP contribution in [-0.4, -0.2) is 41.9 Å². The van der Waals surface area contributed by atoms with E-state index >= 15 is 0 Å². The van der Waals surface area contributed by atoms with E-state index in [-0.39, 0.29) is 18.4 Å². The Balaban J connectivity index is 0.00000208. The molecule has 1 atom stereocenters. The predicted molar refractivity (Wildman–Crippen MR) is 95.9 cm³/mol. The van der Waals surface area contributed by atoms with Crippen LogP contribution in [0.15, 0.2) is 35.5 Å². The molecule has 132 valence electrons. The van der Waals surface area contributed by atoms with E-state index in [1.807, 2.05) is 43.8 Å². The predicted octanol–water partition coefficient (Wildman–Crippen LogP) is 1.79. The lowest BCUT2D eigenvalue weighted by atomic mass is 10.2. The van der Waals surface area contributed by atoms with Crippen LogP contribution in [0.4, 0.5) is 0 Å². The van der Waals surface area contributed by atoms with Crippen molar-refractivity contribution >= 4 is 22.4 Å². The zero-order valence-electron chi connectivity index (χ0n) is 14.1. The van der Waals surface area contributed by atoms with Gasteiger partial charge in [0.15, 0.2) is 0 Å². The van der Waals surface area contributed by atoms with Crippen LogP contribution in [0.3, 0.4) is 0 Å². The first-order valence-corrected chi connectivity index (χ1v) is 9.12. The van der Waals surface area contributed by atoms with Gasteiger partial charge in [0.1, 0.15) is 5.82 Å². The third kappa shape index (κ3) is 3.35. The molecule has 1 aliphatic rings. The minimum atomic E-state index is -3.56. The SMILES string of the molecule is Cc1ccc(S(=O)(=O)N2CCNCC2c2nccn2C)c(C)c1.Cl. The highest BCUT2D eigenvalue weighted by molar-refractivity contribution is 7.89. The van der Waals surface area contributed by atoms with Gasteiger partial charge in [-0.05, 0) is 25.5 Å². The Morgan fingerprint density at radius 1 is 1.29 bits per heavy atom. The molecule has 0 amide bonds. The maximum atomic E-state index is 13.2. The van der Waals surface area contributed by atoms with Crippen molar-refractivity contribution in [3.05, 3.63) is 47.5 Å². The van der Waals surface area contributed by atoms with Gasteiger partial charge >= 0.3 is 0 Å². The fraction of sp³-hybridized carbons (Fsp3) is 0.438. The molecule has 1 aromatic heterocycles. The molecular weight excluding hydrogens is 348 g/mol. The van der Waals surface area contributed by atoms with Crippen LogP contribution in [0.5, 0.6) is 0 Å². The summed E-state index contributed by atoms with van der Waals surface area (Å²) in [5.41, 5.74) is 1.84. The normalized spacial score (nSPS) is 19.0. The molecule has 1 saturated heterocycles. The second-order valence-electron chi connectivity index (χ2n) is 6.00. The van der Waals surface area contributed by atoms with Crippen molar-refractivity contribution in [2.75, 3.05) is 19.6 Å². The van der Waals surface area contributed by atoms with E-state index in [1.165, 1.54) is 0 Å². The number of nitrogens with zero attached hydrogens (tertiary/aromatic N) is 3. The second-order valence-corrected chi connectivity index (χ2v) is 7.86. The second kappa shape index (κ2) is 7.23. The molecular formula is C16H23ClN4O2S. The number of nitrogens with one attached hydrogen (secondary N) is 1. The summed E-state index contributed by atoms with van der Waals surface area (Å²) in [4.78, 5) is 4.73. The van der Waals surface area contributed by atoms with E-state index in [9.17, 15) is 8.42 Å². The Morgan fingerprint density at radius 3 is 2.67 bits per heavy atom.